The molecule has 0 bridgehead atoms. The summed E-state index contributed by atoms with van der Waals surface area (Å²) in [7, 11) is 0. The molecule has 0 saturated heterocycles. The van der Waals surface area contributed by atoms with E-state index >= 15 is 0 Å². The van der Waals surface area contributed by atoms with Crippen LogP contribution in [0.1, 0.15) is 29.7 Å². The Morgan fingerprint density at radius 2 is 1.80 bits per heavy atom. The molecular weight excluding hydrogens is 357 g/mol. The smallest absolute Gasteiger partial charge is 0.0595 e. The summed E-state index contributed by atoms with van der Waals surface area (Å²) in [5.41, 5.74) is 3.54. The van der Waals surface area contributed by atoms with Crippen molar-refractivity contribution in [2.45, 2.75) is 19.9 Å². The molecule has 0 amide bonds. The van der Waals surface area contributed by atoms with Crippen molar-refractivity contribution in [3.63, 3.8) is 0 Å². The van der Waals surface area contributed by atoms with E-state index in [4.69, 9.17) is 23.2 Å². The Bertz CT molecular complexity index is 593. The van der Waals surface area contributed by atoms with E-state index in [0.717, 1.165) is 16.6 Å². The van der Waals surface area contributed by atoms with Gasteiger partial charge in [0.1, 0.15) is 0 Å². The van der Waals surface area contributed by atoms with Crippen LogP contribution >= 0.6 is 39.1 Å². The van der Waals surface area contributed by atoms with Gasteiger partial charge in [0.2, 0.25) is 0 Å². The summed E-state index contributed by atoms with van der Waals surface area (Å²) in [5.74, 6) is 0. The molecule has 2 rings (SSSR count). The van der Waals surface area contributed by atoms with Gasteiger partial charge in [0.05, 0.1) is 16.1 Å². The van der Waals surface area contributed by atoms with Crippen LogP contribution < -0.4 is 5.32 Å². The van der Waals surface area contributed by atoms with E-state index in [0.29, 0.717) is 10.0 Å². The third kappa shape index (κ3) is 3.76. The molecule has 1 N–H and O–H groups in total. The van der Waals surface area contributed by atoms with Crippen LogP contribution in [-0.4, -0.2) is 6.54 Å². The van der Waals surface area contributed by atoms with E-state index < -0.39 is 0 Å². The van der Waals surface area contributed by atoms with Crippen LogP contribution in [0.5, 0.6) is 0 Å². The maximum absolute atomic E-state index is 6.14. The summed E-state index contributed by atoms with van der Waals surface area (Å²) >= 11 is 15.7. The molecule has 0 aliphatic rings. The molecule has 0 saturated carbocycles. The molecule has 1 atom stereocenters. The first-order valence-corrected chi connectivity index (χ1v) is 8.01. The van der Waals surface area contributed by atoms with Crippen molar-refractivity contribution in [1.29, 1.82) is 0 Å². The third-order valence-corrected chi connectivity index (χ3v) is 4.28. The van der Waals surface area contributed by atoms with Gasteiger partial charge in [-0.1, -0.05) is 58.2 Å². The first kappa shape index (κ1) is 15.8. The molecule has 0 fully saturated rings. The van der Waals surface area contributed by atoms with E-state index in [1.165, 1.54) is 11.1 Å². The number of halogens is 3. The Balaban J connectivity index is 2.46. The maximum Gasteiger partial charge on any atom is 0.0595 e. The number of aryl methyl sites for hydroxylation is 1. The zero-order valence-electron chi connectivity index (χ0n) is 11.4. The third-order valence-electron chi connectivity index (χ3n) is 3.08. The fourth-order valence-corrected chi connectivity index (χ4v) is 3.19. The summed E-state index contributed by atoms with van der Waals surface area (Å²) < 4.78 is 1.08. The van der Waals surface area contributed by atoms with Crippen molar-refractivity contribution >= 4 is 39.1 Å². The van der Waals surface area contributed by atoms with Crippen LogP contribution in [0.4, 0.5) is 0 Å². The highest BCUT2D eigenvalue weighted by molar-refractivity contribution is 9.10. The molecule has 0 radical (unpaired) electrons. The Labute approximate surface area is 138 Å². The van der Waals surface area contributed by atoms with Gasteiger partial charge in [-0.25, -0.2) is 0 Å². The number of rotatable bonds is 4. The van der Waals surface area contributed by atoms with E-state index in [1.807, 2.05) is 18.2 Å². The summed E-state index contributed by atoms with van der Waals surface area (Å²) in [6.45, 7) is 5.05. The minimum atomic E-state index is 0.103. The minimum Gasteiger partial charge on any atom is -0.307 e. The summed E-state index contributed by atoms with van der Waals surface area (Å²) in [6, 6.07) is 12.3. The predicted molar refractivity (Wildman–Crippen MR) is 90.9 cm³/mol. The highest BCUT2D eigenvalue weighted by Gasteiger charge is 2.15. The molecule has 4 heteroatoms. The monoisotopic (exact) mass is 371 g/mol. The van der Waals surface area contributed by atoms with Gasteiger partial charge in [-0.05, 0) is 54.4 Å². The Morgan fingerprint density at radius 1 is 1.05 bits per heavy atom. The van der Waals surface area contributed by atoms with Gasteiger partial charge < -0.3 is 5.32 Å². The Morgan fingerprint density at radius 3 is 2.40 bits per heavy atom. The quantitative estimate of drug-likeness (QED) is 0.718. The molecule has 0 spiro atoms. The predicted octanol–water partition coefficient (Wildman–Crippen LogP) is 5.76. The summed E-state index contributed by atoms with van der Waals surface area (Å²) in [5, 5.41) is 4.66. The van der Waals surface area contributed by atoms with Crippen molar-refractivity contribution in [1.82, 2.24) is 5.32 Å². The van der Waals surface area contributed by atoms with Crippen LogP contribution in [0, 0.1) is 6.92 Å². The lowest BCUT2D eigenvalue weighted by Gasteiger charge is -2.20. The Kier molecular flexibility index (Phi) is 5.50. The van der Waals surface area contributed by atoms with Crippen molar-refractivity contribution in [2.75, 3.05) is 6.54 Å². The molecule has 20 heavy (non-hydrogen) atoms. The van der Waals surface area contributed by atoms with Gasteiger partial charge in [0.15, 0.2) is 0 Å². The first-order chi connectivity index (χ1) is 9.51. The Hall–Kier alpha value is -0.540. The van der Waals surface area contributed by atoms with Crippen LogP contribution in [0.2, 0.25) is 10.0 Å². The van der Waals surface area contributed by atoms with E-state index in [1.54, 1.807) is 0 Å². The molecule has 1 nitrogen and oxygen atoms in total. The van der Waals surface area contributed by atoms with Crippen LogP contribution in [0.3, 0.4) is 0 Å². The van der Waals surface area contributed by atoms with Crippen molar-refractivity contribution < 1.29 is 0 Å². The molecular formula is C16H16BrCl2N. The van der Waals surface area contributed by atoms with Crippen LogP contribution in [0.15, 0.2) is 40.9 Å². The average Bonchev–Trinajstić information content (AvgIpc) is 2.38. The van der Waals surface area contributed by atoms with Crippen LogP contribution in [-0.2, 0) is 0 Å². The topological polar surface area (TPSA) is 12.0 Å². The highest BCUT2D eigenvalue weighted by atomic mass is 79.9. The maximum atomic E-state index is 6.14. The fraction of sp³-hybridized carbons (Fsp3) is 0.250. The normalized spacial score (nSPS) is 12.4. The number of benzene rings is 2. The van der Waals surface area contributed by atoms with Gasteiger partial charge >= 0.3 is 0 Å². The zero-order valence-corrected chi connectivity index (χ0v) is 14.5. The standard InChI is InChI=1S/C16H16BrCl2N/c1-3-20-16(11-4-5-14(18)15(19)9-11)12-6-10(2)7-13(17)8-12/h4-9,16,20H,3H2,1-2H3. The highest BCUT2D eigenvalue weighted by Crippen LogP contribution is 2.30. The molecule has 2 aromatic carbocycles. The van der Waals surface area contributed by atoms with Crippen molar-refractivity contribution in [3.05, 3.63) is 67.6 Å². The second kappa shape index (κ2) is 6.95. The van der Waals surface area contributed by atoms with E-state index in [9.17, 15) is 0 Å². The zero-order chi connectivity index (χ0) is 14.7. The SMILES string of the molecule is CCNC(c1cc(C)cc(Br)c1)c1ccc(Cl)c(Cl)c1. The molecule has 0 aliphatic carbocycles. The van der Waals surface area contributed by atoms with Gasteiger partial charge in [-0.3, -0.25) is 0 Å². The lowest BCUT2D eigenvalue weighted by molar-refractivity contribution is 0.630. The van der Waals surface area contributed by atoms with Crippen LogP contribution in [0.25, 0.3) is 0 Å². The van der Waals surface area contributed by atoms with E-state index in [-0.39, 0.29) is 6.04 Å². The van der Waals surface area contributed by atoms with Gasteiger partial charge in [-0.15, -0.1) is 0 Å². The number of nitrogens with one attached hydrogen (secondary N) is 1. The summed E-state index contributed by atoms with van der Waals surface area (Å²) in [4.78, 5) is 0. The number of hydrogen-bond acceptors (Lipinski definition) is 1. The van der Waals surface area contributed by atoms with Crippen molar-refractivity contribution in [3.8, 4) is 0 Å². The molecule has 0 heterocycles. The molecule has 2 aromatic rings. The summed E-state index contributed by atoms with van der Waals surface area (Å²) in [6.07, 6.45) is 0. The molecule has 1 unspecified atom stereocenters. The fourth-order valence-electron chi connectivity index (χ4n) is 2.26. The lowest BCUT2D eigenvalue weighted by atomic mass is 9.97. The number of hydrogen-bond donors (Lipinski definition) is 1. The second-order valence-corrected chi connectivity index (χ2v) is 6.46. The van der Waals surface area contributed by atoms with Gasteiger partial charge in [-0.2, -0.15) is 0 Å². The van der Waals surface area contributed by atoms with E-state index in [2.05, 4.69) is 53.3 Å². The van der Waals surface area contributed by atoms with Crippen molar-refractivity contribution in [2.24, 2.45) is 0 Å². The minimum absolute atomic E-state index is 0.103. The largest absolute Gasteiger partial charge is 0.307 e. The first-order valence-electron chi connectivity index (χ1n) is 6.46. The lowest BCUT2D eigenvalue weighted by Crippen LogP contribution is -2.22. The van der Waals surface area contributed by atoms with Gasteiger partial charge in [0, 0.05) is 4.47 Å². The molecule has 0 aliphatic heterocycles. The molecule has 106 valence electrons. The second-order valence-electron chi connectivity index (χ2n) is 4.73. The van der Waals surface area contributed by atoms with Gasteiger partial charge in [0.25, 0.3) is 0 Å². The molecule has 0 aromatic heterocycles. The average molecular weight is 373 g/mol.